The molecule has 0 bridgehead atoms. The number of aromatic amines is 1. The number of rotatable bonds is 3. The van der Waals surface area contributed by atoms with E-state index in [1.165, 1.54) is 10.8 Å². The van der Waals surface area contributed by atoms with E-state index in [1.807, 2.05) is 0 Å². The molecule has 100 valence electrons. The monoisotopic (exact) mass is 318 g/mol. The summed E-state index contributed by atoms with van der Waals surface area (Å²) in [7, 11) is 0. The van der Waals surface area contributed by atoms with Crippen molar-refractivity contribution in [2.45, 2.75) is 30.3 Å². The van der Waals surface area contributed by atoms with E-state index < -0.39 is 17.4 Å². The van der Waals surface area contributed by atoms with Gasteiger partial charge in [0.2, 0.25) is 0 Å². The maximum absolute atomic E-state index is 11.7. The van der Waals surface area contributed by atoms with Crippen LogP contribution in [-0.4, -0.2) is 32.5 Å². The Kier molecular flexibility index (Phi) is 4.04. The number of H-pyrrole nitrogens is 1. The van der Waals surface area contributed by atoms with E-state index in [0.29, 0.717) is 23.7 Å². The number of aliphatic hydroxyl groups is 2. The van der Waals surface area contributed by atoms with E-state index in [-0.39, 0.29) is 18.6 Å². The topological polar surface area (TPSA) is 95.3 Å². The number of hydrogen-bond acceptors (Lipinski definition) is 4. The summed E-state index contributed by atoms with van der Waals surface area (Å²) in [5.41, 5.74) is -0.401. The molecule has 0 amide bonds. The van der Waals surface area contributed by atoms with Crippen LogP contribution in [-0.2, 0) is 5.33 Å². The molecule has 0 aromatic carbocycles. The molecule has 1 saturated carbocycles. The summed E-state index contributed by atoms with van der Waals surface area (Å²) in [5.74, 6) is -0.207. The molecule has 1 aromatic heterocycles. The summed E-state index contributed by atoms with van der Waals surface area (Å²) < 4.78 is 1.44. The molecule has 18 heavy (non-hydrogen) atoms. The minimum Gasteiger partial charge on any atom is -0.396 e. The fraction of sp³-hybridized carbons (Fsp3) is 0.636. The smallest absolute Gasteiger partial charge is 0.328 e. The summed E-state index contributed by atoms with van der Waals surface area (Å²) in [6, 6.07) is -0.181. The lowest BCUT2D eigenvalue weighted by molar-refractivity contribution is 0.0906. The highest BCUT2D eigenvalue weighted by molar-refractivity contribution is 9.08. The number of hydrogen-bond donors (Lipinski definition) is 3. The summed E-state index contributed by atoms with van der Waals surface area (Å²) in [4.78, 5) is 25.4. The molecular weight excluding hydrogens is 304 g/mol. The van der Waals surface area contributed by atoms with Crippen LogP contribution in [0.25, 0.3) is 0 Å². The normalized spacial score (nSPS) is 27.6. The molecule has 1 heterocycles. The molecule has 0 saturated heterocycles. The fourth-order valence-corrected chi connectivity index (χ4v) is 2.79. The molecule has 0 radical (unpaired) electrons. The average Bonchev–Trinajstić information content (AvgIpc) is 2.70. The van der Waals surface area contributed by atoms with Crippen LogP contribution in [0, 0.1) is 5.92 Å². The van der Waals surface area contributed by atoms with Gasteiger partial charge in [-0.3, -0.25) is 14.3 Å². The highest BCUT2D eigenvalue weighted by Gasteiger charge is 2.34. The zero-order chi connectivity index (χ0) is 13.3. The Morgan fingerprint density at radius 2 is 2.17 bits per heavy atom. The van der Waals surface area contributed by atoms with Crippen molar-refractivity contribution < 1.29 is 10.2 Å². The van der Waals surface area contributed by atoms with Crippen LogP contribution < -0.4 is 11.2 Å². The zero-order valence-electron chi connectivity index (χ0n) is 9.67. The van der Waals surface area contributed by atoms with Gasteiger partial charge in [-0.25, -0.2) is 4.79 Å². The van der Waals surface area contributed by atoms with Gasteiger partial charge in [0.1, 0.15) is 0 Å². The standard InChI is InChI=1S/C11H15BrN2O4/c12-3-7-4-14(11(18)13-10(7)17)8-1-6(5-15)9(16)2-8/h4,6,8-9,15-16H,1-3,5H2,(H,13,17,18). The third-order valence-electron chi connectivity index (χ3n) is 3.45. The van der Waals surface area contributed by atoms with Crippen LogP contribution in [0.5, 0.6) is 0 Å². The van der Waals surface area contributed by atoms with E-state index in [4.69, 9.17) is 5.11 Å². The van der Waals surface area contributed by atoms with Crippen LogP contribution >= 0.6 is 15.9 Å². The van der Waals surface area contributed by atoms with Gasteiger partial charge in [0.15, 0.2) is 0 Å². The summed E-state index contributed by atoms with van der Waals surface area (Å²) in [5, 5.41) is 19.2. The lowest BCUT2D eigenvalue weighted by Gasteiger charge is -2.13. The van der Waals surface area contributed by atoms with Crippen molar-refractivity contribution >= 4 is 15.9 Å². The van der Waals surface area contributed by atoms with Crippen molar-refractivity contribution in [1.82, 2.24) is 9.55 Å². The van der Waals surface area contributed by atoms with Crippen LogP contribution in [0.1, 0.15) is 24.4 Å². The van der Waals surface area contributed by atoms with E-state index in [9.17, 15) is 14.7 Å². The molecule has 3 unspecified atom stereocenters. The molecule has 6 nitrogen and oxygen atoms in total. The fourth-order valence-electron chi connectivity index (χ4n) is 2.39. The van der Waals surface area contributed by atoms with E-state index in [0.717, 1.165) is 0 Å². The second-order valence-corrected chi connectivity index (χ2v) is 5.15. The molecule has 2 rings (SSSR count). The lowest BCUT2D eigenvalue weighted by atomic mass is 10.1. The van der Waals surface area contributed by atoms with Gasteiger partial charge < -0.3 is 10.2 Å². The molecular formula is C11H15BrN2O4. The Morgan fingerprint density at radius 1 is 1.44 bits per heavy atom. The minimum absolute atomic E-state index is 0.0962. The number of alkyl halides is 1. The zero-order valence-corrected chi connectivity index (χ0v) is 11.3. The Labute approximate surface area is 111 Å². The largest absolute Gasteiger partial charge is 0.396 e. The van der Waals surface area contributed by atoms with Crippen molar-refractivity contribution in [3.63, 3.8) is 0 Å². The first kappa shape index (κ1) is 13.5. The third-order valence-corrected chi connectivity index (χ3v) is 4.05. The van der Waals surface area contributed by atoms with Crippen molar-refractivity contribution in [3.8, 4) is 0 Å². The number of nitrogens with zero attached hydrogens (tertiary/aromatic N) is 1. The maximum Gasteiger partial charge on any atom is 0.328 e. The second-order valence-electron chi connectivity index (χ2n) is 4.59. The van der Waals surface area contributed by atoms with Crippen molar-refractivity contribution in [3.05, 3.63) is 32.6 Å². The van der Waals surface area contributed by atoms with Gasteiger partial charge in [0.05, 0.1) is 6.10 Å². The van der Waals surface area contributed by atoms with E-state index >= 15 is 0 Å². The Hall–Kier alpha value is -0.920. The number of aliphatic hydroxyl groups excluding tert-OH is 2. The average molecular weight is 319 g/mol. The van der Waals surface area contributed by atoms with Gasteiger partial charge in [-0.1, -0.05) is 15.9 Å². The molecule has 1 fully saturated rings. The number of halogens is 1. The van der Waals surface area contributed by atoms with E-state index in [2.05, 4.69) is 20.9 Å². The quantitative estimate of drug-likeness (QED) is 0.669. The van der Waals surface area contributed by atoms with Crippen molar-refractivity contribution in [1.29, 1.82) is 0 Å². The predicted molar refractivity (Wildman–Crippen MR) is 68.8 cm³/mol. The number of aromatic nitrogens is 2. The molecule has 0 aliphatic heterocycles. The Morgan fingerprint density at radius 3 is 2.72 bits per heavy atom. The van der Waals surface area contributed by atoms with Gasteiger partial charge in [-0.05, 0) is 12.8 Å². The lowest BCUT2D eigenvalue weighted by Crippen LogP contribution is -2.33. The first-order chi connectivity index (χ1) is 8.56. The predicted octanol–water partition coefficient (Wildman–Crippen LogP) is -0.264. The van der Waals surface area contributed by atoms with Gasteiger partial charge in [0.25, 0.3) is 5.56 Å². The Balaban J connectivity index is 2.35. The maximum atomic E-state index is 11.7. The van der Waals surface area contributed by atoms with Crippen LogP contribution in [0.4, 0.5) is 0 Å². The van der Waals surface area contributed by atoms with Crippen LogP contribution in [0.3, 0.4) is 0 Å². The summed E-state index contributed by atoms with van der Waals surface area (Å²) in [6.07, 6.45) is 1.86. The SMILES string of the molecule is O=c1[nH]c(=O)n(C2CC(O)C(CO)C2)cc1CBr. The Bertz CT molecular complexity index is 539. The molecule has 0 spiro atoms. The molecule has 1 aliphatic carbocycles. The second kappa shape index (κ2) is 5.38. The first-order valence-electron chi connectivity index (χ1n) is 5.76. The number of nitrogens with one attached hydrogen (secondary N) is 1. The molecule has 1 aromatic rings. The highest BCUT2D eigenvalue weighted by atomic mass is 79.9. The van der Waals surface area contributed by atoms with Gasteiger partial charge in [-0.2, -0.15) is 0 Å². The molecule has 7 heteroatoms. The highest BCUT2D eigenvalue weighted by Crippen LogP contribution is 2.33. The molecule has 3 atom stereocenters. The first-order valence-corrected chi connectivity index (χ1v) is 6.88. The van der Waals surface area contributed by atoms with Gasteiger partial charge in [-0.15, -0.1) is 0 Å². The molecule has 3 N–H and O–H groups in total. The summed E-state index contributed by atoms with van der Waals surface area (Å²) >= 11 is 3.19. The van der Waals surface area contributed by atoms with Gasteiger partial charge >= 0.3 is 5.69 Å². The van der Waals surface area contributed by atoms with Crippen molar-refractivity contribution in [2.75, 3.05) is 6.61 Å². The summed E-state index contributed by atoms with van der Waals surface area (Å²) in [6.45, 7) is -0.0962. The van der Waals surface area contributed by atoms with E-state index in [1.54, 1.807) is 0 Å². The van der Waals surface area contributed by atoms with Gasteiger partial charge in [0, 0.05) is 35.7 Å². The van der Waals surface area contributed by atoms with Crippen molar-refractivity contribution in [2.24, 2.45) is 5.92 Å². The minimum atomic E-state index is -0.605. The van der Waals surface area contributed by atoms with Crippen LogP contribution in [0.15, 0.2) is 15.8 Å². The van der Waals surface area contributed by atoms with Crippen LogP contribution in [0.2, 0.25) is 0 Å². The third kappa shape index (κ3) is 2.43. The molecule has 1 aliphatic rings.